The lowest BCUT2D eigenvalue weighted by Crippen LogP contribution is -2.46. The number of anilines is 1. The van der Waals surface area contributed by atoms with Crippen LogP contribution in [0, 0.1) is 0 Å². The number of guanidine groups is 1. The quantitative estimate of drug-likeness (QED) is 0.409. The average Bonchev–Trinajstić information content (AvgIpc) is 3.38. The summed E-state index contributed by atoms with van der Waals surface area (Å²) in [5.74, 6) is 1.83. The number of nitrogens with zero attached hydrogens (tertiary/aromatic N) is 6. The van der Waals surface area contributed by atoms with E-state index in [1.54, 1.807) is 7.05 Å². The van der Waals surface area contributed by atoms with Crippen molar-refractivity contribution in [1.29, 1.82) is 0 Å². The molecule has 0 atom stereocenters. The van der Waals surface area contributed by atoms with Crippen LogP contribution in [0.3, 0.4) is 0 Å². The molecule has 1 aliphatic rings. The summed E-state index contributed by atoms with van der Waals surface area (Å²) >= 11 is 0. The number of aromatic nitrogens is 3. The summed E-state index contributed by atoms with van der Waals surface area (Å²) in [6.45, 7) is 9.73. The van der Waals surface area contributed by atoms with Crippen molar-refractivity contribution < 1.29 is 0 Å². The Labute approximate surface area is 196 Å². The van der Waals surface area contributed by atoms with Crippen molar-refractivity contribution in [3.05, 3.63) is 77.7 Å². The first kappa shape index (κ1) is 22.8. The summed E-state index contributed by atoms with van der Waals surface area (Å²) in [4.78, 5) is 13.9. The van der Waals surface area contributed by atoms with Crippen LogP contribution in [0.25, 0.3) is 0 Å². The first-order valence-corrected chi connectivity index (χ1v) is 11.7. The van der Waals surface area contributed by atoms with Gasteiger partial charge in [-0.25, -0.2) is 4.98 Å². The lowest BCUT2D eigenvalue weighted by molar-refractivity contribution is 0.270. The number of benzene rings is 1. The number of aliphatic imine (C=N–C) groups is 1. The minimum Gasteiger partial charge on any atom is -0.354 e. The summed E-state index contributed by atoms with van der Waals surface area (Å²) in [6, 6.07) is 14.6. The molecule has 2 aromatic heterocycles. The van der Waals surface area contributed by atoms with E-state index in [4.69, 9.17) is 0 Å². The van der Waals surface area contributed by atoms with Gasteiger partial charge in [0.1, 0.15) is 5.82 Å². The molecule has 3 heterocycles. The van der Waals surface area contributed by atoms with E-state index in [-0.39, 0.29) is 0 Å². The highest BCUT2D eigenvalue weighted by molar-refractivity contribution is 5.79. The fourth-order valence-electron chi connectivity index (χ4n) is 4.07. The summed E-state index contributed by atoms with van der Waals surface area (Å²) in [7, 11) is 1.80. The normalized spacial score (nSPS) is 15.0. The van der Waals surface area contributed by atoms with E-state index in [9.17, 15) is 0 Å². The molecule has 8 nitrogen and oxygen atoms in total. The van der Waals surface area contributed by atoms with Crippen LogP contribution in [0.5, 0.6) is 0 Å². The summed E-state index contributed by atoms with van der Waals surface area (Å²) in [5, 5.41) is 11.2. The van der Waals surface area contributed by atoms with Crippen molar-refractivity contribution in [2.24, 2.45) is 4.99 Å². The highest BCUT2D eigenvalue weighted by atomic mass is 15.3. The lowest BCUT2D eigenvalue weighted by atomic mass is 10.1. The molecule has 8 heteroatoms. The van der Waals surface area contributed by atoms with Crippen LogP contribution < -0.4 is 15.5 Å². The number of rotatable bonds is 8. The molecule has 0 bridgehead atoms. The molecule has 33 heavy (non-hydrogen) atoms. The van der Waals surface area contributed by atoms with Crippen LogP contribution in [0.1, 0.15) is 23.6 Å². The molecule has 0 radical (unpaired) electrons. The predicted molar refractivity (Wildman–Crippen MR) is 133 cm³/mol. The van der Waals surface area contributed by atoms with E-state index in [0.717, 1.165) is 51.0 Å². The van der Waals surface area contributed by atoms with Crippen LogP contribution in [0.4, 0.5) is 5.82 Å². The maximum Gasteiger partial charge on any atom is 0.191 e. The Morgan fingerprint density at radius 2 is 1.76 bits per heavy atom. The molecule has 1 aromatic carbocycles. The molecule has 4 rings (SSSR count). The lowest BCUT2D eigenvalue weighted by Gasteiger charge is -2.34. The Morgan fingerprint density at radius 3 is 2.48 bits per heavy atom. The van der Waals surface area contributed by atoms with Gasteiger partial charge in [0, 0.05) is 64.9 Å². The van der Waals surface area contributed by atoms with E-state index >= 15 is 0 Å². The van der Waals surface area contributed by atoms with Crippen LogP contribution in [0.15, 0.2) is 66.0 Å². The van der Waals surface area contributed by atoms with Crippen LogP contribution >= 0.6 is 0 Å². The second-order valence-corrected chi connectivity index (χ2v) is 8.20. The van der Waals surface area contributed by atoms with Gasteiger partial charge in [-0.2, -0.15) is 5.10 Å². The van der Waals surface area contributed by atoms with Gasteiger partial charge >= 0.3 is 0 Å². The molecule has 174 valence electrons. The van der Waals surface area contributed by atoms with E-state index in [0.29, 0.717) is 13.1 Å². The van der Waals surface area contributed by atoms with Crippen molar-refractivity contribution in [2.75, 3.05) is 44.7 Å². The van der Waals surface area contributed by atoms with Crippen molar-refractivity contribution in [1.82, 2.24) is 30.3 Å². The Balaban J connectivity index is 1.31. The highest BCUT2D eigenvalue weighted by Crippen LogP contribution is 2.15. The molecular formula is C25H34N8. The Hall–Kier alpha value is -3.39. The molecule has 0 aliphatic carbocycles. The van der Waals surface area contributed by atoms with Crippen molar-refractivity contribution in [3.63, 3.8) is 0 Å². The number of likely N-dealkylation sites (N-methyl/N-ethyl adjacent to an activating group) is 1. The Bertz CT molecular complexity index is 1020. The molecule has 0 saturated carbocycles. The van der Waals surface area contributed by atoms with Gasteiger partial charge in [-0.3, -0.25) is 9.67 Å². The molecule has 1 aliphatic heterocycles. The fraction of sp³-hybridized carbons (Fsp3) is 0.400. The van der Waals surface area contributed by atoms with Gasteiger partial charge in [0.2, 0.25) is 0 Å². The molecule has 1 fully saturated rings. The van der Waals surface area contributed by atoms with Crippen molar-refractivity contribution in [2.45, 2.75) is 26.6 Å². The Morgan fingerprint density at radius 1 is 0.970 bits per heavy atom. The van der Waals surface area contributed by atoms with Gasteiger partial charge in [-0.15, -0.1) is 0 Å². The van der Waals surface area contributed by atoms with Crippen molar-refractivity contribution in [3.8, 4) is 0 Å². The minimum atomic E-state index is 0.694. The zero-order valence-corrected chi connectivity index (χ0v) is 19.6. The third-order valence-electron chi connectivity index (χ3n) is 6.09. The third-order valence-corrected chi connectivity index (χ3v) is 6.09. The van der Waals surface area contributed by atoms with Crippen LogP contribution in [-0.2, 0) is 19.6 Å². The van der Waals surface area contributed by atoms with E-state index in [1.165, 1.54) is 16.7 Å². The molecule has 0 spiro atoms. The number of nitrogens with one attached hydrogen (secondary N) is 2. The van der Waals surface area contributed by atoms with Gasteiger partial charge in [0.15, 0.2) is 5.96 Å². The van der Waals surface area contributed by atoms with Gasteiger partial charge in [-0.1, -0.05) is 31.2 Å². The summed E-state index contributed by atoms with van der Waals surface area (Å²) < 4.78 is 1.94. The monoisotopic (exact) mass is 446 g/mol. The highest BCUT2D eigenvalue weighted by Gasteiger charge is 2.16. The predicted octanol–water partition coefficient (Wildman–Crippen LogP) is 2.33. The van der Waals surface area contributed by atoms with Gasteiger partial charge < -0.3 is 20.4 Å². The molecular weight excluding hydrogens is 412 g/mol. The first-order valence-electron chi connectivity index (χ1n) is 11.7. The summed E-state index contributed by atoms with van der Waals surface area (Å²) in [5.41, 5.74) is 3.67. The maximum atomic E-state index is 4.60. The van der Waals surface area contributed by atoms with Crippen LogP contribution in [-0.4, -0.2) is 65.4 Å². The smallest absolute Gasteiger partial charge is 0.191 e. The largest absolute Gasteiger partial charge is 0.354 e. The molecule has 0 amide bonds. The number of piperazine rings is 1. The maximum absolute atomic E-state index is 4.60. The molecule has 3 aromatic rings. The van der Waals surface area contributed by atoms with Gasteiger partial charge in [0.05, 0.1) is 6.54 Å². The average molecular weight is 447 g/mol. The first-order chi connectivity index (χ1) is 16.2. The van der Waals surface area contributed by atoms with Gasteiger partial charge in [-0.05, 0) is 41.4 Å². The minimum absolute atomic E-state index is 0.694. The second-order valence-electron chi connectivity index (χ2n) is 8.20. The zero-order chi connectivity index (χ0) is 22.9. The number of pyridine rings is 1. The second kappa shape index (κ2) is 11.5. The van der Waals surface area contributed by atoms with E-state index in [2.05, 4.69) is 78.8 Å². The topological polar surface area (TPSA) is 73.6 Å². The number of hydrogen-bond acceptors (Lipinski definition) is 5. The van der Waals surface area contributed by atoms with E-state index in [1.807, 2.05) is 29.3 Å². The van der Waals surface area contributed by atoms with Crippen LogP contribution in [0.2, 0.25) is 0 Å². The van der Waals surface area contributed by atoms with Gasteiger partial charge in [0.25, 0.3) is 0 Å². The van der Waals surface area contributed by atoms with Crippen molar-refractivity contribution >= 4 is 11.8 Å². The third kappa shape index (κ3) is 6.32. The molecule has 0 unspecified atom stereocenters. The summed E-state index contributed by atoms with van der Waals surface area (Å²) in [6.07, 6.45) is 5.69. The standard InChI is InChI=1S/C25H34N8/c1-3-31-13-15-32(16-14-31)24-17-21(9-11-27-24)18-28-25(26-2)29-19-22-7-4-5-8-23(22)20-33-12-6-10-30-33/h4-12,17H,3,13-16,18-20H2,1-2H3,(H2,26,28,29). The zero-order valence-electron chi connectivity index (χ0n) is 19.6. The number of hydrogen-bond donors (Lipinski definition) is 2. The molecule has 1 saturated heterocycles. The fourth-order valence-corrected chi connectivity index (χ4v) is 4.07. The Kier molecular flexibility index (Phi) is 7.92. The van der Waals surface area contributed by atoms with E-state index < -0.39 is 0 Å². The SMILES string of the molecule is CCN1CCN(c2cc(CNC(=NC)NCc3ccccc3Cn3cccn3)ccn2)CC1. The molecule has 2 N–H and O–H groups in total.